The summed E-state index contributed by atoms with van der Waals surface area (Å²) in [6.45, 7) is 0. The average molecular weight is 228 g/mol. The van der Waals surface area contributed by atoms with E-state index < -0.39 is 6.10 Å². The highest BCUT2D eigenvalue weighted by atomic mass is 32.2. The molecule has 2 heterocycles. The van der Waals surface area contributed by atoms with Crippen molar-refractivity contribution in [2.45, 2.75) is 11.4 Å². The van der Waals surface area contributed by atoms with Gasteiger partial charge in [0.2, 0.25) is 0 Å². The van der Waals surface area contributed by atoms with Crippen LogP contribution in [0.1, 0.15) is 11.8 Å². The van der Waals surface area contributed by atoms with Crippen molar-refractivity contribution in [3.63, 3.8) is 0 Å². The Morgan fingerprint density at radius 1 is 1.43 bits per heavy atom. The quantitative estimate of drug-likeness (QED) is 0.828. The maximum Gasteiger partial charge on any atom is 0.110 e. The summed E-state index contributed by atoms with van der Waals surface area (Å²) in [5.41, 5.74) is 0.688. The van der Waals surface area contributed by atoms with Gasteiger partial charge in [0.25, 0.3) is 0 Å². The summed E-state index contributed by atoms with van der Waals surface area (Å²) in [6.07, 6.45) is 4.42. The van der Waals surface area contributed by atoms with E-state index in [2.05, 4.69) is 9.97 Å². The summed E-state index contributed by atoms with van der Waals surface area (Å²) >= 11 is 3.72. The maximum absolute atomic E-state index is 10.0. The molecule has 2 rings (SSSR count). The van der Waals surface area contributed by atoms with Crippen LogP contribution < -0.4 is 0 Å². The highest BCUT2D eigenvalue weighted by molar-refractivity contribution is 8.06. The molecule has 0 saturated carbocycles. The second-order valence-corrected chi connectivity index (χ2v) is 5.56. The summed E-state index contributed by atoms with van der Waals surface area (Å²) in [4.78, 5) is 8.08. The van der Waals surface area contributed by atoms with Gasteiger partial charge in [-0.05, 0) is 0 Å². The first kappa shape index (κ1) is 10.3. The first-order valence-corrected chi connectivity index (χ1v) is 6.71. The van der Waals surface area contributed by atoms with Crippen molar-refractivity contribution in [1.82, 2.24) is 9.97 Å². The largest absolute Gasteiger partial charge is 0.386 e. The van der Waals surface area contributed by atoms with Gasteiger partial charge in [-0.1, -0.05) is 0 Å². The van der Waals surface area contributed by atoms with E-state index in [4.69, 9.17) is 0 Å². The zero-order chi connectivity index (χ0) is 9.80. The Bertz CT molecular complexity index is 277. The van der Waals surface area contributed by atoms with Gasteiger partial charge < -0.3 is 5.11 Å². The van der Waals surface area contributed by atoms with Crippen LogP contribution in [0.2, 0.25) is 0 Å². The zero-order valence-corrected chi connectivity index (χ0v) is 9.30. The summed E-state index contributed by atoms with van der Waals surface area (Å²) in [6, 6.07) is 0. The van der Waals surface area contributed by atoms with Crippen molar-refractivity contribution in [2.75, 3.05) is 17.3 Å². The molecule has 1 aliphatic rings. The second kappa shape index (κ2) is 5.00. The molecule has 1 aromatic rings. The number of nitrogens with zero attached hydrogens (tertiary/aromatic N) is 2. The van der Waals surface area contributed by atoms with E-state index in [0.29, 0.717) is 5.69 Å². The van der Waals surface area contributed by atoms with Crippen LogP contribution in [0.15, 0.2) is 18.6 Å². The van der Waals surface area contributed by atoms with Crippen molar-refractivity contribution >= 4 is 23.5 Å². The van der Waals surface area contributed by atoms with Crippen molar-refractivity contribution in [3.8, 4) is 0 Å². The molecule has 0 radical (unpaired) electrons. The molecule has 1 aliphatic heterocycles. The SMILES string of the molecule is OC(c1cnccn1)C1CSCCS1. The Balaban J connectivity index is 2.03. The van der Waals surface area contributed by atoms with Crippen LogP contribution in [0.3, 0.4) is 0 Å². The first-order valence-electron chi connectivity index (χ1n) is 4.51. The van der Waals surface area contributed by atoms with E-state index >= 15 is 0 Å². The Morgan fingerprint density at radius 2 is 2.36 bits per heavy atom. The minimum absolute atomic E-state index is 0.269. The lowest BCUT2D eigenvalue weighted by Gasteiger charge is -2.25. The molecule has 0 spiro atoms. The fourth-order valence-electron chi connectivity index (χ4n) is 1.34. The van der Waals surface area contributed by atoms with Gasteiger partial charge in [0.15, 0.2) is 0 Å². The lowest BCUT2D eigenvalue weighted by Crippen LogP contribution is -2.23. The number of aliphatic hydroxyl groups excluding tert-OH is 1. The molecular weight excluding hydrogens is 216 g/mol. The molecule has 14 heavy (non-hydrogen) atoms. The molecule has 1 fully saturated rings. The lowest BCUT2D eigenvalue weighted by molar-refractivity contribution is 0.175. The van der Waals surface area contributed by atoms with Gasteiger partial charge >= 0.3 is 0 Å². The van der Waals surface area contributed by atoms with Crippen LogP contribution >= 0.6 is 23.5 Å². The van der Waals surface area contributed by atoms with E-state index in [9.17, 15) is 5.11 Å². The monoisotopic (exact) mass is 228 g/mol. The zero-order valence-electron chi connectivity index (χ0n) is 7.67. The molecular formula is C9H12N2OS2. The predicted octanol–water partition coefficient (Wildman–Crippen LogP) is 1.36. The number of hydrogen-bond donors (Lipinski definition) is 1. The number of aromatic nitrogens is 2. The van der Waals surface area contributed by atoms with Crippen LogP contribution in [0.5, 0.6) is 0 Å². The fraction of sp³-hybridized carbons (Fsp3) is 0.556. The molecule has 76 valence electrons. The topological polar surface area (TPSA) is 46.0 Å². The van der Waals surface area contributed by atoms with Crippen molar-refractivity contribution < 1.29 is 5.11 Å². The maximum atomic E-state index is 10.0. The second-order valence-electron chi connectivity index (χ2n) is 3.06. The minimum atomic E-state index is -0.471. The van der Waals surface area contributed by atoms with Crippen molar-refractivity contribution in [1.29, 1.82) is 0 Å². The summed E-state index contributed by atoms with van der Waals surface area (Å²) in [5, 5.41) is 10.3. The molecule has 2 unspecified atom stereocenters. The third-order valence-electron chi connectivity index (χ3n) is 2.08. The van der Waals surface area contributed by atoms with E-state index in [1.54, 1.807) is 18.6 Å². The normalized spacial score (nSPS) is 24.5. The highest BCUT2D eigenvalue weighted by Crippen LogP contribution is 2.32. The Kier molecular flexibility index (Phi) is 3.67. The standard InChI is InChI=1S/C9H12N2OS2/c12-9(7-5-10-1-2-11-7)8-6-13-3-4-14-8/h1-2,5,8-9,12H,3-4,6H2. The fourth-order valence-corrected chi connectivity index (χ4v) is 4.08. The molecule has 0 aromatic carbocycles. The molecule has 2 atom stereocenters. The van der Waals surface area contributed by atoms with Gasteiger partial charge in [-0.25, -0.2) is 0 Å². The third kappa shape index (κ3) is 2.40. The molecule has 5 heteroatoms. The Hall–Kier alpha value is -0.260. The number of aliphatic hydroxyl groups is 1. The molecule has 0 aliphatic carbocycles. The van der Waals surface area contributed by atoms with Crippen LogP contribution in [-0.4, -0.2) is 37.6 Å². The Morgan fingerprint density at radius 3 is 3.00 bits per heavy atom. The van der Waals surface area contributed by atoms with Gasteiger partial charge in [0, 0.05) is 34.9 Å². The summed E-state index contributed by atoms with van der Waals surface area (Å²) in [7, 11) is 0. The number of rotatable bonds is 2. The van der Waals surface area contributed by atoms with Gasteiger partial charge in [0.05, 0.1) is 11.9 Å². The minimum Gasteiger partial charge on any atom is -0.386 e. The number of hydrogen-bond acceptors (Lipinski definition) is 5. The van der Waals surface area contributed by atoms with Crippen LogP contribution in [0.25, 0.3) is 0 Å². The van der Waals surface area contributed by atoms with Crippen LogP contribution in [0, 0.1) is 0 Å². The average Bonchev–Trinajstić information content (AvgIpc) is 2.30. The number of thioether (sulfide) groups is 2. The van der Waals surface area contributed by atoms with Crippen molar-refractivity contribution in [2.24, 2.45) is 0 Å². The van der Waals surface area contributed by atoms with E-state index in [-0.39, 0.29) is 5.25 Å². The Labute approximate surface area is 91.7 Å². The van der Waals surface area contributed by atoms with Crippen molar-refractivity contribution in [3.05, 3.63) is 24.3 Å². The van der Waals surface area contributed by atoms with E-state index in [1.807, 2.05) is 23.5 Å². The van der Waals surface area contributed by atoms with Gasteiger partial charge in [-0.15, -0.1) is 0 Å². The molecule has 1 aromatic heterocycles. The predicted molar refractivity (Wildman–Crippen MR) is 60.6 cm³/mol. The highest BCUT2D eigenvalue weighted by Gasteiger charge is 2.24. The van der Waals surface area contributed by atoms with E-state index in [1.165, 1.54) is 5.75 Å². The van der Waals surface area contributed by atoms with Gasteiger partial charge in [-0.3, -0.25) is 9.97 Å². The van der Waals surface area contributed by atoms with Gasteiger partial charge in [0.1, 0.15) is 6.10 Å². The molecule has 1 N–H and O–H groups in total. The molecule has 3 nitrogen and oxygen atoms in total. The van der Waals surface area contributed by atoms with Crippen LogP contribution in [0.4, 0.5) is 0 Å². The molecule has 1 saturated heterocycles. The lowest BCUT2D eigenvalue weighted by atomic mass is 10.2. The third-order valence-corrected chi connectivity index (χ3v) is 4.93. The first-order chi connectivity index (χ1) is 6.88. The molecule has 0 bridgehead atoms. The van der Waals surface area contributed by atoms with Gasteiger partial charge in [-0.2, -0.15) is 23.5 Å². The summed E-state index contributed by atoms with van der Waals surface area (Å²) < 4.78 is 0. The van der Waals surface area contributed by atoms with Crippen LogP contribution in [-0.2, 0) is 0 Å². The smallest absolute Gasteiger partial charge is 0.110 e. The summed E-state index contributed by atoms with van der Waals surface area (Å²) in [5.74, 6) is 3.31. The molecule has 0 amide bonds. The van der Waals surface area contributed by atoms with E-state index in [0.717, 1.165) is 11.5 Å².